The molecule has 1 aromatic carbocycles. The quantitative estimate of drug-likeness (QED) is 0.840. The summed E-state index contributed by atoms with van der Waals surface area (Å²) >= 11 is 0. The number of carboxylic acids is 1. The van der Waals surface area contributed by atoms with Crippen molar-refractivity contribution in [3.63, 3.8) is 0 Å². The third-order valence-electron chi connectivity index (χ3n) is 4.63. The Morgan fingerprint density at radius 3 is 2.87 bits per heavy atom. The van der Waals surface area contributed by atoms with E-state index >= 15 is 0 Å². The molecule has 1 aliphatic heterocycles. The van der Waals surface area contributed by atoms with Gasteiger partial charge in [-0.05, 0) is 31.0 Å². The van der Waals surface area contributed by atoms with Crippen LogP contribution in [0, 0.1) is 11.2 Å². The predicted octanol–water partition coefficient (Wildman–Crippen LogP) is 2.27. The number of ether oxygens (including phenoxy) is 1. The summed E-state index contributed by atoms with van der Waals surface area (Å²) in [5, 5.41) is 19.9. The Bertz CT molecular complexity index is 566. The van der Waals surface area contributed by atoms with Gasteiger partial charge in [0.25, 0.3) is 0 Å². The Kier molecular flexibility index (Phi) is 5.59. The van der Waals surface area contributed by atoms with E-state index < -0.39 is 17.5 Å². The number of nitrogens with zero attached hydrogens (tertiary/aromatic N) is 1. The summed E-state index contributed by atoms with van der Waals surface area (Å²) in [6.45, 7) is 2.96. The zero-order valence-electron chi connectivity index (χ0n) is 13.6. The SMILES string of the molecule is CCC[C@@]1(C(=O)O)CN(Cc2cc(OC)ccc2F)CC[C@@H]1O. The van der Waals surface area contributed by atoms with Gasteiger partial charge in [0.05, 0.1) is 13.2 Å². The highest BCUT2D eigenvalue weighted by Crippen LogP contribution is 2.36. The van der Waals surface area contributed by atoms with Gasteiger partial charge in [0.1, 0.15) is 17.0 Å². The second kappa shape index (κ2) is 7.27. The van der Waals surface area contributed by atoms with Crippen LogP contribution in [0.3, 0.4) is 0 Å². The molecule has 0 unspecified atom stereocenters. The number of carbonyl (C=O) groups is 1. The smallest absolute Gasteiger partial charge is 0.313 e. The molecule has 23 heavy (non-hydrogen) atoms. The molecular weight excluding hydrogens is 301 g/mol. The predicted molar refractivity (Wildman–Crippen MR) is 83.8 cm³/mol. The Morgan fingerprint density at radius 1 is 1.52 bits per heavy atom. The summed E-state index contributed by atoms with van der Waals surface area (Å²) in [5.41, 5.74) is -0.709. The van der Waals surface area contributed by atoms with Crippen molar-refractivity contribution in [3.05, 3.63) is 29.6 Å². The number of piperidine rings is 1. The van der Waals surface area contributed by atoms with E-state index in [2.05, 4.69) is 0 Å². The van der Waals surface area contributed by atoms with Crippen molar-refractivity contribution < 1.29 is 24.1 Å². The molecule has 128 valence electrons. The number of halogens is 1. The first kappa shape index (κ1) is 17.7. The Labute approximate surface area is 135 Å². The molecule has 0 amide bonds. The summed E-state index contributed by atoms with van der Waals surface area (Å²) in [6, 6.07) is 4.53. The van der Waals surface area contributed by atoms with Crippen LogP contribution in [0.1, 0.15) is 31.7 Å². The van der Waals surface area contributed by atoms with Crippen molar-refractivity contribution in [2.75, 3.05) is 20.2 Å². The molecule has 5 nitrogen and oxygen atoms in total. The Morgan fingerprint density at radius 2 is 2.26 bits per heavy atom. The van der Waals surface area contributed by atoms with Crippen LogP contribution in [-0.4, -0.2) is 47.4 Å². The lowest BCUT2D eigenvalue weighted by Crippen LogP contribution is -2.55. The number of aliphatic carboxylic acids is 1. The standard InChI is InChI=1S/C17H24FNO4/c1-3-7-17(16(21)22)11-19(8-6-15(17)20)10-12-9-13(23-2)4-5-14(12)18/h4-5,9,15,20H,3,6-8,10-11H2,1-2H3,(H,21,22)/t15-,17+/m0/s1. The molecule has 1 aliphatic rings. The number of methoxy groups -OCH3 is 1. The Hall–Kier alpha value is -1.66. The van der Waals surface area contributed by atoms with E-state index in [0.29, 0.717) is 43.7 Å². The molecule has 2 atom stereocenters. The van der Waals surface area contributed by atoms with Crippen LogP contribution < -0.4 is 4.74 Å². The number of aliphatic hydroxyl groups excluding tert-OH is 1. The van der Waals surface area contributed by atoms with Gasteiger partial charge in [0, 0.05) is 25.2 Å². The third-order valence-corrected chi connectivity index (χ3v) is 4.63. The molecule has 0 aliphatic carbocycles. The van der Waals surface area contributed by atoms with Crippen LogP contribution in [0.5, 0.6) is 5.75 Å². The van der Waals surface area contributed by atoms with Gasteiger partial charge in [-0.2, -0.15) is 0 Å². The van der Waals surface area contributed by atoms with Crippen molar-refractivity contribution in [1.29, 1.82) is 0 Å². The van der Waals surface area contributed by atoms with Crippen LogP contribution in [0.15, 0.2) is 18.2 Å². The lowest BCUT2D eigenvalue weighted by Gasteiger charge is -2.43. The fourth-order valence-corrected chi connectivity index (χ4v) is 3.35. The Balaban J connectivity index is 2.20. The zero-order chi connectivity index (χ0) is 17.0. The van der Waals surface area contributed by atoms with Crippen LogP contribution in [-0.2, 0) is 11.3 Å². The van der Waals surface area contributed by atoms with E-state index in [9.17, 15) is 19.4 Å². The van der Waals surface area contributed by atoms with Gasteiger partial charge < -0.3 is 14.9 Å². The summed E-state index contributed by atoms with van der Waals surface area (Å²) < 4.78 is 19.1. The van der Waals surface area contributed by atoms with E-state index in [1.165, 1.54) is 13.2 Å². The van der Waals surface area contributed by atoms with E-state index in [1.807, 2.05) is 11.8 Å². The highest BCUT2D eigenvalue weighted by Gasteiger charge is 2.48. The second-order valence-electron chi connectivity index (χ2n) is 6.18. The fraction of sp³-hybridized carbons (Fsp3) is 0.588. The molecule has 0 aromatic heterocycles. The van der Waals surface area contributed by atoms with Gasteiger partial charge in [-0.15, -0.1) is 0 Å². The molecule has 2 rings (SSSR count). The summed E-state index contributed by atoms with van der Waals surface area (Å²) in [6.07, 6.45) is 0.579. The first-order chi connectivity index (χ1) is 10.9. The first-order valence-corrected chi connectivity index (χ1v) is 7.89. The van der Waals surface area contributed by atoms with E-state index in [4.69, 9.17) is 4.74 Å². The van der Waals surface area contributed by atoms with Crippen LogP contribution >= 0.6 is 0 Å². The molecule has 0 bridgehead atoms. The maximum atomic E-state index is 14.0. The minimum Gasteiger partial charge on any atom is -0.497 e. The molecule has 1 aromatic rings. The summed E-state index contributed by atoms with van der Waals surface area (Å²) in [5.74, 6) is -0.757. The zero-order valence-corrected chi connectivity index (χ0v) is 13.6. The summed E-state index contributed by atoms with van der Waals surface area (Å²) in [7, 11) is 1.52. The van der Waals surface area contributed by atoms with Crippen molar-refractivity contribution in [2.24, 2.45) is 5.41 Å². The maximum Gasteiger partial charge on any atom is 0.313 e. The molecule has 0 spiro atoms. The van der Waals surface area contributed by atoms with Crippen molar-refractivity contribution in [3.8, 4) is 5.75 Å². The van der Waals surface area contributed by atoms with E-state index in [1.54, 1.807) is 12.1 Å². The molecule has 2 N–H and O–H groups in total. The minimum atomic E-state index is -1.18. The van der Waals surface area contributed by atoms with Gasteiger partial charge in [-0.25, -0.2) is 4.39 Å². The lowest BCUT2D eigenvalue weighted by atomic mass is 9.74. The van der Waals surface area contributed by atoms with Crippen molar-refractivity contribution in [1.82, 2.24) is 4.90 Å². The molecule has 1 heterocycles. The second-order valence-corrected chi connectivity index (χ2v) is 6.18. The third kappa shape index (κ3) is 3.64. The van der Waals surface area contributed by atoms with Gasteiger partial charge in [0.2, 0.25) is 0 Å². The normalized spacial score (nSPS) is 25.3. The van der Waals surface area contributed by atoms with Crippen LogP contribution in [0.25, 0.3) is 0 Å². The number of likely N-dealkylation sites (tertiary alicyclic amines) is 1. The van der Waals surface area contributed by atoms with E-state index in [-0.39, 0.29) is 12.4 Å². The van der Waals surface area contributed by atoms with Crippen LogP contribution in [0.2, 0.25) is 0 Å². The average Bonchev–Trinajstić information content (AvgIpc) is 2.52. The number of benzene rings is 1. The van der Waals surface area contributed by atoms with Crippen molar-refractivity contribution >= 4 is 5.97 Å². The highest BCUT2D eigenvalue weighted by molar-refractivity contribution is 5.76. The number of aliphatic hydroxyl groups is 1. The maximum absolute atomic E-state index is 14.0. The lowest BCUT2D eigenvalue weighted by molar-refractivity contribution is -0.164. The number of hydrogen-bond acceptors (Lipinski definition) is 4. The highest BCUT2D eigenvalue weighted by atomic mass is 19.1. The first-order valence-electron chi connectivity index (χ1n) is 7.89. The number of rotatable bonds is 6. The number of hydrogen-bond donors (Lipinski definition) is 2. The van der Waals surface area contributed by atoms with Gasteiger partial charge >= 0.3 is 5.97 Å². The fourth-order valence-electron chi connectivity index (χ4n) is 3.35. The van der Waals surface area contributed by atoms with Crippen LogP contribution in [0.4, 0.5) is 4.39 Å². The molecule has 0 saturated carbocycles. The average molecular weight is 325 g/mol. The van der Waals surface area contributed by atoms with Gasteiger partial charge in [0.15, 0.2) is 0 Å². The van der Waals surface area contributed by atoms with Crippen molar-refractivity contribution in [2.45, 2.75) is 38.8 Å². The van der Waals surface area contributed by atoms with Gasteiger partial charge in [-0.3, -0.25) is 9.69 Å². The topological polar surface area (TPSA) is 70.0 Å². The molecule has 1 saturated heterocycles. The molecule has 0 radical (unpaired) electrons. The molecule has 1 fully saturated rings. The van der Waals surface area contributed by atoms with Gasteiger partial charge in [-0.1, -0.05) is 13.3 Å². The van der Waals surface area contributed by atoms with E-state index in [0.717, 1.165) is 0 Å². The molecule has 6 heteroatoms. The number of carboxylic acid groups (broad SMARTS) is 1. The summed E-state index contributed by atoms with van der Waals surface area (Å²) in [4.78, 5) is 13.7. The minimum absolute atomic E-state index is 0.216. The largest absolute Gasteiger partial charge is 0.497 e. The monoisotopic (exact) mass is 325 g/mol. The molecular formula is C17H24FNO4.